The number of hydrogen-bond acceptors (Lipinski definition) is 2. The van der Waals surface area contributed by atoms with Crippen molar-refractivity contribution in [3.8, 4) is 5.75 Å². The molecule has 0 amide bonds. The third-order valence-corrected chi connectivity index (χ3v) is 3.58. The molecule has 0 radical (unpaired) electrons. The Morgan fingerprint density at radius 2 is 2.28 bits per heavy atom. The lowest BCUT2D eigenvalue weighted by molar-refractivity contribution is 0.242. The highest BCUT2D eigenvalue weighted by molar-refractivity contribution is 6.32. The summed E-state index contributed by atoms with van der Waals surface area (Å²) < 4.78 is 5.65. The van der Waals surface area contributed by atoms with Gasteiger partial charge < -0.3 is 10.1 Å². The van der Waals surface area contributed by atoms with Crippen LogP contribution in [-0.2, 0) is 6.42 Å². The van der Waals surface area contributed by atoms with Gasteiger partial charge in [-0.25, -0.2) is 0 Å². The molecular weight excluding hydrogens is 246 g/mol. The van der Waals surface area contributed by atoms with Gasteiger partial charge in [0.1, 0.15) is 5.75 Å². The molecule has 1 fully saturated rings. The van der Waals surface area contributed by atoms with E-state index >= 15 is 0 Å². The molecule has 0 aliphatic carbocycles. The van der Waals surface area contributed by atoms with Crippen molar-refractivity contribution in [1.82, 2.24) is 5.32 Å². The Hall–Kier alpha value is -0.730. The number of rotatable bonds is 4. The molecular formula is C15H22ClNO. The van der Waals surface area contributed by atoms with Crippen LogP contribution in [0.25, 0.3) is 0 Å². The van der Waals surface area contributed by atoms with Crippen LogP contribution >= 0.6 is 11.6 Å². The van der Waals surface area contributed by atoms with Crippen molar-refractivity contribution in [2.75, 3.05) is 13.1 Å². The molecule has 0 saturated carbocycles. The van der Waals surface area contributed by atoms with Crippen molar-refractivity contribution in [1.29, 1.82) is 0 Å². The Labute approximate surface area is 115 Å². The summed E-state index contributed by atoms with van der Waals surface area (Å²) in [6.07, 6.45) is 3.87. The molecule has 0 aromatic heterocycles. The molecule has 2 rings (SSSR count). The van der Waals surface area contributed by atoms with Crippen LogP contribution in [0.15, 0.2) is 18.2 Å². The lowest BCUT2D eigenvalue weighted by atomic mass is 9.92. The van der Waals surface area contributed by atoms with E-state index in [-0.39, 0.29) is 6.10 Å². The van der Waals surface area contributed by atoms with Gasteiger partial charge in [0.2, 0.25) is 0 Å². The van der Waals surface area contributed by atoms with E-state index in [0.29, 0.717) is 0 Å². The van der Waals surface area contributed by atoms with Crippen molar-refractivity contribution in [3.05, 3.63) is 28.8 Å². The molecule has 1 aromatic rings. The summed E-state index contributed by atoms with van der Waals surface area (Å²) in [7, 11) is 0. The van der Waals surface area contributed by atoms with Crippen LogP contribution in [0.5, 0.6) is 5.75 Å². The van der Waals surface area contributed by atoms with Gasteiger partial charge in [-0.1, -0.05) is 17.7 Å². The van der Waals surface area contributed by atoms with Crippen molar-refractivity contribution in [2.24, 2.45) is 5.92 Å². The predicted molar refractivity (Wildman–Crippen MR) is 76.5 cm³/mol. The van der Waals surface area contributed by atoms with Gasteiger partial charge in [0, 0.05) is 0 Å². The van der Waals surface area contributed by atoms with E-state index < -0.39 is 0 Å². The minimum Gasteiger partial charge on any atom is -0.489 e. The van der Waals surface area contributed by atoms with Crippen LogP contribution in [0.4, 0.5) is 0 Å². The fourth-order valence-electron chi connectivity index (χ4n) is 2.45. The van der Waals surface area contributed by atoms with E-state index in [0.717, 1.165) is 29.7 Å². The maximum atomic E-state index is 6.25. The van der Waals surface area contributed by atoms with Crippen LogP contribution in [-0.4, -0.2) is 19.2 Å². The summed E-state index contributed by atoms with van der Waals surface area (Å²) >= 11 is 6.25. The molecule has 1 unspecified atom stereocenters. The molecule has 0 bridgehead atoms. The summed E-state index contributed by atoms with van der Waals surface area (Å²) in [5.74, 6) is 1.53. The number of halogens is 1. The van der Waals surface area contributed by atoms with Gasteiger partial charge in [-0.2, -0.15) is 0 Å². The monoisotopic (exact) mass is 267 g/mol. The van der Waals surface area contributed by atoms with E-state index in [1.165, 1.54) is 24.9 Å². The first-order valence-electron chi connectivity index (χ1n) is 6.81. The van der Waals surface area contributed by atoms with Crippen LogP contribution in [0.1, 0.15) is 32.3 Å². The molecule has 1 aliphatic rings. The van der Waals surface area contributed by atoms with Crippen LogP contribution < -0.4 is 10.1 Å². The molecule has 1 aromatic carbocycles. The quantitative estimate of drug-likeness (QED) is 0.899. The molecule has 1 saturated heterocycles. The minimum absolute atomic E-state index is 0.163. The fraction of sp³-hybridized carbons (Fsp3) is 0.600. The van der Waals surface area contributed by atoms with Crippen molar-refractivity contribution in [2.45, 2.75) is 39.2 Å². The van der Waals surface area contributed by atoms with Gasteiger partial charge in [-0.15, -0.1) is 0 Å². The molecule has 2 nitrogen and oxygen atoms in total. The Morgan fingerprint density at radius 1 is 1.44 bits per heavy atom. The van der Waals surface area contributed by atoms with Crippen molar-refractivity contribution < 1.29 is 4.74 Å². The van der Waals surface area contributed by atoms with E-state index in [1.807, 2.05) is 26.0 Å². The van der Waals surface area contributed by atoms with E-state index in [4.69, 9.17) is 16.3 Å². The smallest absolute Gasteiger partial charge is 0.138 e. The summed E-state index contributed by atoms with van der Waals surface area (Å²) in [6, 6.07) is 6.18. The SMILES string of the molecule is CC(C)Oc1ccc(CC2CCCNC2)cc1Cl. The summed E-state index contributed by atoms with van der Waals surface area (Å²) in [6.45, 7) is 6.32. The zero-order valence-corrected chi connectivity index (χ0v) is 12.0. The highest BCUT2D eigenvalue weighted by Crippen LogP contribution is 2.28. The molecule has 3 heteroatoms. The first-order chi connectivity index (χ1) is 8.65. The third kappa shape index (κ3) is 3.89. The largest absolute Gasteiger partial charge is 0.489 e. The maximum Gasteiger partial charge on any atom is 0.138 e. The Balaban J connectivity index is 1.99. The second-order valence-corrected chi connectivity index (χ2v) is 5.76. The van der Waals surface area contributed by atoms with Gasteiger partial charge in [0.15, 0.2) is 0 Å². The van der Waals surface area contributed by atoms with Crippen molar-refractivity contribution >= 4 is 11.6 Å². The number of piperidine rings is 1. The van der Waals surface area contributed by atoms with E-state index in [2.05, 4.69) is 11.4 Å². The number of hydrogen-bond donors (Lipinski definition) is 1. The van der Waals surface area contributed by atoms with Gasteiger partial charge >= 0.3 is 0 Å². The number of benzene rings is 1. The highest BCUT2D eigenvalue weighted by Gasteiger charge is 2.14. The lowest BCUT2D eigenvalue weighted by Crippen LogP contribution is -2.30. The molecule has 100 valence electrons. The lowest BCUT2D eigenvalue weighted by Gasteiger charge is -2.23. The molecule has 0 spiro atoms. The van der Waals surface area contributed by atoms with Crippen LogP contribution in [0, 0.1) is 5.92 Å². The zero-order chi connectivity index (χ0) is 13.0. The molecule has 1 N–H and O–H groups in total. The average Bonchev–Trinajstić information content (AvgIpc) is 2.33. The molecule has 1 aliphatic heterocycles. The number of nitrogens with one attached hydrogen (secondary N) is 1. The Morgan fingerprint density at radius 3 is 2.89 bits per heavy atom. The topological polar surface area (TPSA) is 21.3 Å². The first-order valence-corrected chi connectivity index (χ1v) is 7.18. The third-order valence-electron chi connectivity index (χ3n) is 3.28. The van der Waals surface area contributed by atoms with Gasteiger partial charge in [-0.05, 0) is 69.8 Å². The fourth-order valence-corrected chi connectivity index (χ4v) is 2.70. The normalized spacial score (nSPS) is 20.1. The van der Waals surface area contributed by atoms with Gasteiger partial charge in [0.25, 0.3) is 0 Å². The first kappa shape index (κ1) is 13.7. The number of ether oxygens (including phenoxy) is 1. The van der Waals surface area contributed by atoms with Crippen LogP contribution in [0.2, 0.25) is 5.02 Å². The summed E-state index contributed by atoms with van der Waals surface area (Å²) in [4.78, 5) is 0. The highest BCUT2D eigenvalue weighted by atomic mass is 35.5. The second-order valence-electron chi connectivity index (χ2n) is 5.35. The molecule has 18 heavy (non-hydrogen) atoms. The zero-order valence-electron chi connectivity index (χ0n) is 11.2. The van der Waals surface area contributed by atoms with Gasteiger partial charge in [-0.3, -0.25) is 0 Å². The van der Waals surface area contributed by atoms with Crippen LogP contribution in [0.3, 0.4) is 0 Å². The van der Waals surface area contributed by atoms with E-state index in [9.17, 15) is 0 Å². The average molecular weight is 268 g/mol. The predicted octanol–water partition coefficient (Wildman–Crippen LogP) is 3.67. The standard InChI is InChI=1S/C15H22ClNO/c1-11(2)18-15-6-5-12(9-14(15)16)8-13-4-3-7-17-10-13/h5-6,9,11,13,17H,3-4,7-8,10H2,1-2H3. The maximum absolute atomic E-state index is 6.25. The minimum atomic E-state index is 0.163. The van der Waals surface area contributed by atoms with E-state index in [1.54, 1.807) is 0 Å². The Kier molecular flexibility index (Phi) is 4.90. The van der Waals surface area contributed by atoms with Gasteiger partial charge in [0.05, 0.1) is 11.1 Å². The van der Waals surface area contributed by atoms with Crippen molar-refractivity contribution in [3.63, 3.8) is 0 Å². The summed E-state index contributed by atoms with van der Waals surface area (Å²) in [5.41, 5.74) is 1.31. The second kappa shape index (κ2) is 6.44. The molecule has 1 atom stereocenters. The Bertz CT molecular complexity index is 386. The molecule has 1 heterocycles. The summed E-state index contributed by atoms with van der Waals surface area (Å²) in [5, 5.41) is 4.18.